The number of sulfone groups is 1. The lowest BCUT2D eigenvalue weighted by Gasteiger charge is -2.38. The van der Waals surface area contributed by atoms with Crippen LogP contribution in [0, 0.1) is 0 Å². The summed E-state index contributed by atoms with van der Waals surface area (Å²) in [5.41, 5.74) is 0. The van der Waals surface area contributed by atoms with Crippen LogP contribution in [0.25, 0.3) is 0 Å². The van der Waals surface area contributed by atoms with Crippen LogP contribution in [-0.4, -0.2) is 56.3 Å². The van der Waals surface area contributed by atoms with Crippen LogP contribution < -0.4 is 5.32 Å². The van der Waals surface area contributed by atoms with Gasteiger partial charge >= 0.3 is 6.18 Å². The van der Waals surface area contributed by atoms with E-state index in [-0.39, 0.29) is 18.8 Å². The quantitative estimate of drug-likeness (QED) is 0.789. The summed E-state index contributed by atoms with van der Waals surface area (Å²) in [7, 11) is -3.43. The van der Waals surface area contributed by atoms with Gasteiger partial charge in [-0.1, -0.05) is 0 Å². The molecule has 0 aromatic heterocycles. The number of hydrogen-bond acceptors (Lipinski definition) is 4. The lowest BCUT2D eigenvalue weighted by molar-refractivity contribution is -0.183. The highest BCUT2D eigenvalue weighted by atomic mass is 32.2. The molecule has 0 spiro atoms. The van der Waals surface area contributed by atoms with Crippen LogP contribution in [0.5, 0.6) is 0 Å². The average molecular weight is 300 g/mol. The molecule has 2 saturated heterocycles. The van der Waals surface area contributed by atoms with E-state index in [1.54, 1.807) is 0 Å². The summed E-state index contributed by atoms with van der Waals surface area (Å²) in [6.07, 6.45) is -2.31. The molecule has 2 heterocycles. The van der Waals surface area contributed by atoms with Crippen LogP contribution in [0.4, 0.5) is 13.2 Å². The molecule has 2 fully saturated rings. The van der Waals surface area contributed by atoms with E-state index in [1.165, 1.54) is 0 Å². The number of nitrogens with zero attached hydrogens (tertiary/aromatic N) is 1. The summed E-state index contributed by atoms with van der Waals surface area (Å²) in [5, 5.41) is 1.78. The first-order chi connectivity index (χ1) is 8.82. The molecule has 0 amide bonds. The SMILES string of the molecule is O=S1(=O)CCCCC1N1CCCNCC1C(F)(F)F. The van der Waals surface area contributed by atoms with Crippen LogP contribution in [0.15, 0.2) is 0 Å². The molecule has 0 radical (unpaired) electrons. The molecule has 8 heteroatoms. The molecule has 19 heavy (non-hydrogen) atoms. The third kappa shape index (κ3) is 3.41. The number of hydrogen-bond donors (Lipinski definition) is 1. The second kappa shape index (κ2) is 5.57. The zero-order chi connectivity index (χ0) is 14.1. The Balaban J connectivity index is 2.27. The van der Waals surface area contributed by atoms with E-state index >= 15 is 0 Å². The Labute approximate surface area is 111 Å². The maximum Gasteiger partial charge on any atom is 0.405 e. The Bertz CT molecular complexity index is 411. The van der Waals surface area contributed by atoms with Crippen molar-refractivity contribution in [1.29, 1.82) is 0 Å². The Morgan fingerprint density at radius 2 is 1.89 bits per heavy atom. The zero-order valence-electron chi connectivity index (χ0n) is 10.6. The molecule has 0 aliphatic carbocycles. The molecule has 2 aliphatic rings. The molecule has 2 aliphatic heterocycles. The van der Waals surface area contributed by atoms with E-state index in [0.717, 1.165) is 4.90 Å². The normalized spacial score (nSPS) is 33.8. The fourth-order valence-electron chi connectivity index (χ4n) is 2.86. The molecule has 0 aromatic carbocycles. The van der Waals surface area contributed by atoms with Gasteiger partial charge in [0.2, 0.25) is 0 Å². The highest BCUT2D eigenvalue weighted by Crippen LogP contribution is 2.32. The fourth-order valence-corrected chi connectivity index (χ4v) is 4.93. The predicted molar refractivity (Wildman–Crippen MR) is 65.5 cm³/mol. The van der Waals surface area contributed by atoms with E-state index < -0.39 is 27.4 Å². The van der Waals surface area contributed by atoms with E-state index in [9.17, 15) is 21.6 Å². The van der Waals surface area contributed by atoms with Gasteiger partial charge in [0.05, 0.1) is 5.75 Å². The number of rotatable bonds is 1. The van der Waals surface area contributed by atoms with E-state index in [0.29, 0.717) is 32.2 Å². The van der Waals surface area contributed by atoms with Crippen molar-refractivity contribution in [3.05, 3.63) is 0 Å². The molecule has 2 unspecified atom stereocenters. The third-order valence-electron chi connectivity index (χ3n) is 3.80. The van der Waals surface area contributed by atoms with Gasteiger partial charge in [0, 0.05) is 13.1 Å². The summed E-state index contributed by atoms with van der Waals surface area (Å²) in [6, 6.07) is -1.70. The van der Waals surface area contributed by atoms with Crippen molar-refractivity contribution in [2.24, 2.45) is 0 Å². The standard InChI is InChI=1S/C11H19F3N2O2S/c12-11(13,14)9-8-15-5-3-6-16(9)10-4-1-2-7-19(10,17)18/h9-10,15H,1-8H2. The third-order valence-corrected chi connectivity index (χ3v) is 5.99. The average Bonchev–Trinajstić information content (AvgIpc) is 2.53. The van der Waals surface area contributed by atoms with Gasteiger partial charge in [0.1, 0.15) is 11.4 Å². The van der Waals surface area contributed by atoms with Gasteiger partial charge in [0.25, 0.3) is 0 Å². The van der Waals surface area contributed by atoms with Gasteiger partial charge in [0.15, 0.2) is 9.84 Å². The van der Waals surface area contributed by atoms with Crippen LogP contribution >= 0.6 is 0 Å². The molecule has 1 N–H and O–H groups in total. The number of nitrogens with one attached hydrogen (secondary N) is 1. The maximum absolute atomic E-state index is 13.1. The van der Waals surface area contributed by atoms with E-state index in [2.05, 4.69) is 5.32 Å². The van der Waals surface area contributed by atoms with Crippen LogP contribution in [0.2, 0.25) is 0 Å². The first-order valence-electron chi connectivity index (χ1n) is 6.57. The van der Waals surface area contributed by atoms with Crippen molar-refractivity contribution in [1.82, 2.24) is 10.2 Å². The molecular weight excluding hydrogens is 281 g/mol. The monoisotopic (exact) mass is 300 g/mol. The van der Waals surface area contributed by atoms with Crippen LogP contribution in [-0.2, 0) is 9.84 Å². The second-order valence-corrected chi connectivity index (χ2v) is 7.45. The lowest BCUT2D eigenvalue weighted by Crippen LogP contribution is -2.56. The van der Waals surface area contributed by atoms with Gasteiger partial charge in [-0.3, -0.25) is 4.90 Å². The summed E-state index contributed by atoms with van der Waals surface area (Å²) >= 11 is 0. The Hall–Kier alpha value is -0.340. The first-order valence-corrected chi connectivity index (χ1v) is 8.28. The van der Waals surface area contributed by atoms with Gasteiger partial charge < -0.3 is 5.32 Å². The second-order valence-electron chi connectivity index (χ2n) is 5.17. The molecule has 2 rings (SSSR count). The van der Waals surface area contributed by atoms with Gasteiger partial charge in [-0.15, -0.1) is 0 Å². The molecule has 0 bridgehead atoms. The van der Waals surface area contributed by atoms with Gasteiger partial charge in [-0.05, 0) is 32.2 Å². The molecule has 112 valence electrons. The highest BCUT2D eigenvalue weighted by molar-refractivity contribution is 7.92. The molecular formula is C11H19F3N2O2S. The topological polar surface area (TPSA) is 49.4 Å². The van der Waals surface area contributed by atoms with E-state index in [4.69, 9.17) is 0 Å². The van der Waals surface area contributed by atoms with Crippen LogP contribution in [0.3, 0.4) is 0 Å². The predicted octanol–water partition coefficient (Wildman–Crippen LogP) is 1.14. The van der Waals surface area contributed by atoms with Crippen molar-refractivity contribution in [2.75, 3.05) is 25.4 Å². The smallest absolute Gasteiger partial charge is 0.315 e. The minimum absolute atomic E-state index is 0.00612. The number of alkyl halides is 3. The van der Waals surface area contributed by atoms with E-state index in [1.807, 2.05) is 0 Å². The molecule has 0 aromatic rings. The summed E-state index contributed by atoms with van der Waals surface area (Å²) in [4.78, 5) is 1.16. The van der Waals surface area contributed by atoms with Crippen molar-refractivity contribution in [3.8, 4) is 0 Å². The largest absolute Gasteiger partial charge is 0.405 e. The lowest BCUT2D eigenvalue weighted by atomic mass is 10.1. The highest BCUT2D eigenvalue weighted by Gasteiger charge is 2.48. The first kappa shape index (κ1) is 15.1. The van der Waals surface area contributed by atoms with Gasteiger partial charge in [-0.25, -0.2) is 8.42 Å². The Morgan fingerprint density at radius 1 is 1.16 bits per heavy atom. The van der Waals surface area contributed by atoms with Gasteiger partial charge in [-0.2, -0.15) is 13.2 Å². The van der Waals surface area contributed by atoms with Crippen molar-refractivity contribution < 1.29 is 21.6 Å². The van der Waals surface area contributed by atoms with Crippen molar-refractivity contribution in [2.45, 2.75) is 43.3 Å². The Morgan fingerprint density at radius 3 is 2.53 bits per heavy atom. The minimum atomic E-state index is -4.40. The summed E-state index contributed by atoms with van der Waals surface area (Å²) in [5.74, 6) is 0.00612. The maximum atomic E-state index is 13.1. The summed E-state index contributed by atoms with van der Waals surface area (Å²) in [6.45, 7) is 0.451. The molecule has 0 saturated carbocycles. The summed E-state index contributed by atoms with van der Waals surface area (Å²) < 4.78 is 63.4. The van der Waals surface area contributed by atoms with Crippen molar-refractivity contribution >= 4 is 9.84 Å². The molecule has 2 atom stereocenters. The van der Waals surface area contributed by atoms with Crippen molar-refractivity contribution in [3.63, 3.8) is 0 Å². The number of halogens is 3. The fraction of sp³-hybridized carbons (Fsp3) is 1.00. The Kier molecular flexibility index (Phi) is 4.42. The minimum Gasteiger partial charge on any atom is -0.315 e. The molecule has 4 nitrogen and oxygen atoms in total. The zero-order valence-corrected chi connectivity index (χ0v) is 11.4. The van der Waals surface area contributed by atoms with Crippen LogP contribution in [0.1, 0.15) is 25.7 Å².